The molecule has 4 atom stereocenters. The number of benzene rings is 1. The average molecular weight is 544 g/mol. The lowest BCUT2D eigenvalue weighted by atomic mass is 10.0. The van der Waals surface area contributed by atoms with Crippen molar-refractivity contribution < 1.29 is 24.3 Å². The van der Waals surface area contributed by atoms with Gasteiger partial charge in [0, 0.05) is 41.8 Å². The summed E-state index contributed by atoms with van der Waals surface area (Å²) in [6.45, 7) is 1.51. The van der Waals surface area contributed by atoms with Gasteiger partial charge < -0.3 is 36.8 Å². The Labute approximate surface area is 223 Å². The van der Waals surface area contributed by atoms with Gasteiger partial charge in [0.15, 0.2) is 0 Å². The van der Waals surface area contributed by atoms with Crippen LogP contribution in [-0.4, -0.2) is 79.9 Å². The van der Waals surface area contributed by atoms with E-state index in [4.69, 9.17) is 5.73 Å². The van der Waals surface area contributed by atoms with E-state index in [0.717, 1.165) is 16.5 Å². The second-order valence-electron chi connectivity index (χ2n) is 8.94. The van der Waals surface area contributed by atoms with Crippen molar-refractivity contribution in [2.24, 2.45) is 5.73 Å². The molecule has 0 aliphatic rings. The molecule has 13 heteroatoms. The van der Waals surface area contributed by atoms with E-state index in [0.29, 0.717) is 17.9 Å². The molecule has 0 fully saturated rings. The second-order valence-corrected chi connectivity index (χ2v) is 9.92. The number of carboxylic acids is 1. The number of hydrogen-bond acceptors (Lipinski definition) is 7. The van der Waals surface area contributed by atoms with Crippen LogP contribution in [0.2, 0.25) is 0 Å². The van der Waals surface area contributed by atoms with Crippen LogP contribution in [0.5, 0.6) is 0 Å². The zero-order chi connectivity index (χ0) is 27.7. The standard InChI is InChI=1S/C25H33N7O5S/c1-14(26)22(33)30-19(7-8-38-2)23(34)31-20(10-16-12-27-13-29-16)24(35)32-21(25(36)37)9-15-11-28-18-6-4-3-5-17(15)18/h3-6,11-14,19-21,28H,7-10,26H2,1-2H3,(H,27,29)(H,30,33)(H,31,34)(H,32,35)(H,36,37). The van der Waals surface area contributed by atoms with Crippen molar-refractivity contribution >= 4 is 46.4 Å². The number of H-pyrrole nitrogens is 2. The zero-order valence-corrected chi connectivity index (χ0v) is 22.0. The third-order valence-electron chi connectivity index (χ3n) is 5.98. The minimum Gasteiger partial charge on any atom is -0.480 e. The molecule has 4 unspecified atom stereocenters. The Bertz CT molecular complexity index is 1240. The van der Waals surface area contributed by atoms with Gasteiger partial charge in [-0.15, -0.1) is 0 Å². The van der Waals surface area contributed by atoms with Crippen LogP contribution in [-0.2, 0) is 32.0 Å². The summed E-state index contributed by atoms with van der Waals surface area (Å²) in [6, 6.07) is 3.36. The molecule has 1 aromatic carbocycles. The van der Waals surface area contributed by atoms with E-state index in [1.807, 2.05) is 30.5 Å². The van der Waals surface area contributed by atoms with Crippen molar-refractivity contribution in [3.63, 3.8) is 0 Å². The number of nitrogens with zero attached hydrogens (tertiary/aromatic N) is 1. The Balaban J connectivity index is 1.78. The number of aliphatic carboxylic acids is 1. The van der Waals surface area contributed by atoms with Gasteiger partial charge in [0.1, 0.15) is 18.1 Å². The number of nitrogens with two attached hydrogens (primary N) is 1. The molecule has 2 aromatic heterocycles. The first-order valence-corrected chi connectivity index (χ1v) is 13.5. The molecule has 0 saturated carbocycles. The van der Waals surface area contributed by atoms with Crippen LogP contribution in [0.15, 0.2) is 43.0 Å². The van der Waals surface area contributed by atoms with Crippen molar-refractivity contribution in [1.82, 2.24) is 30.9 Å². The summed E-state index contributed by atoms with van der Waals surface area (Å²) in [5, 5.41) is 18.6. The lowest BCUT2D eigenvalue weighted by molar-refractivity contribution is -0.142. The number of aromatic nitrogens is 3. The van der Waals surface area contributed by atoms with Crippen molar-refractivity contribution in [2.75, 3.05) is 12.0 Å². The molecule has 12 nitrogen and oxygen atoms in total. The number of imidazole rings is 1. The maximum Gasteiger partial charge on any atom is 0.326 e. The smallest absolute Gasteiger partial charge is 0.326 e. The number of carbonyl (C=O) groups excluding carboxylic acids is 3. The Morgan fingerprint density at radius 1 is 1.00 bits per heavy atom. The fourth-order valence-corrected chi connectivity index (χ4v) is 4.37. The van der Waals surface area contributed by atoms with E-state index in [2.05, 4.69) is 30.9 Å². The highest BCUT2D eigenvalue weighted by Gasteiger charge is 2.30. The molecule has 0 saturated heterocycles. The summed E-state index contributed by atoms with van der Waals surface area (Å²) in [6.07, 6.45) is 6.93. The first kappa shape index (κ1) is 28.7. The number of fused-ring (bicyclic) bond motifs is 1. The monoisotopic (exact) mass is 543 g/mol. The van der Waals surface area contributed by atoms with E-state index >= 15 is 0 Å². The molecule has 38 heavy (non-hydrogen) atoms. The summed E-state index contributed by atoms with van der Waals surface area (Å²) in [5.74, 6) is -2.37. The van der Waals surface area contributed by atoms with Crippen LogP contribution in [0.25, 0.3) is 10.9 Å². The van der Waals surface area contributed by atoms with E-state index < -0.39 is 47.9 Å². The van der Waals surface area contributed by atoms with E-state index in [1.165, 1.54) is 31.2 Å². The van der Waals surface area contributed by atoms with Gasteiger partial charge in [-0.2, -0.15) is 11.8 Å². The van der Waals surface area contributed by atoms with Gasteiger partial charge in [0.05, 0.1) is 12.4 Å². The van der Waals surface area contributed by atoms with Crippen molar-refractivity contribution in [3.8, 4) is 0 Å². The SMILES string of the molecule is CSCCC(NC(=O)C(C)N)C(=O)NC(Cc1cnc[nH]1)C(=O)NC(Cc1c[nH]c2ccccc12)C(=O)O. The van der Waals surface area contributed by atoms with Gasteiger partial charge in [-0.1, -0.05) is 18.2 Å². The maximum atomic E-state index is 13.3. The third kappa shape index (κ3) is 7.83. The molecule has 0 spiro atoms. The molecule has 3 rings (SSSR count). The number of carboxylic acid groups (broad SMARTS) is 1. The Hall–Kier alpha value is -3.84. The van der Waals surface area contributed by atoms with Gasteiger partial charge in [-0.05, 0) is 37.0 Å². The Morgan fingerprint density at radius 2 is 1.68 bits per heavy atom. The quantitative estimate of drug-likeness (QED) is 0.151. The lowest BCUT2D eigenvalue weighted by Gasteiger charge is -2.24. The number of carbonyl (C=O) groups is 4. The number of hydrogen-bond donors (Lipinski definition) is 7. The second kappa shape index (κ2) is 13.6. The predicted octanol–water partition coefficient (Wildman–Crippen LogP) is 0.316. The number of para-hydroxylation sites is 1. The van der Waals surface area contributed by atoms with Gasteiger partial charge in [0.2, 0.25) is 17.7 Å². The highest BCUT2D eigenvalue weighted by molar-refractivity contribution is 7.98. The summed E-state index contributed by atoms with van der Waals surface area (Å²) >= 11 is 1.50. The number of thioether (sulfide) groups is 1. The van der Waals surface area contributed by atoms with Gasteiger partial charge in [0.25, 0.3) is 0 Å². The number of nitrogens with one attached hydrogen (secondary N) is 5. The normalized spacial score (nSPS) is 14.3. The maximum absolute atomic E-state index is 13.3. The third-order valence-corrected chi connectivity index (χ3v) is 6.63. The fraction of sp³-hybridized carbons (Fsp3) is 0.400. The highest BCUT2D eigenvalue weighted by atomic mass is 32.2. The van der Waals surface area contributed by atoms with Gasteiger partial charge in [-0.25, -0.2) is 9.78 Å². The number of aromatic amines is 2. The average Bonchev–Trinajstić information content (AvgIpc) is 3.55. The fourth-order valence-electron chi connectivity index (χ4n) is 3.90. The van der Waals surface area contributed by atoms with Crippen LogP contribution in [0.4, 0.5) is 0 Å². The highest BCUT2D eigenvalue weighted by Crippen LogP contribution is 2.19. The first-order valence-electron chi connectivity index (χ1n) is 12.1. The van der Waals surface area contributed by atoms with E-state index in [-0.39, 0.29) is 12.8 Å². The summed E-state index contributed by atoms with van der Waals surface area (Å²) in [7, 11) is 0. The summed E-state index contributed by atoms with van der Waals surface area (Å²) in [5.41, 5.74) is 7.80. The van der Waals surface area contributed by atoms with E-state index in [1.54, 1.807) is 6.20 Å². The zero-order valence-electron chi connectivity index (χ0n) is 21.2. The first-order chi connectivity index (χ1) is 18.2. The minimum absolute atomic E-state index is 0.0352. The van der Waals surface area contributed by atoms with Crippen LogP contribution in [0, 0.1) is 0 Å². The molecule has 0 bridgehead atoms. The summed E-state index contributed by atoms with van der Waals surface area (Å²) in [4.78, 5) is 60.7. The van der Waals surface area contributed by atoms with Gasteiger partial charge in [-0.3, -0.25) is 14.4 Å². The van der Waals surface area contributed by atoms with Crippen molar-refractivity contribution in [1.29, 1.82) is 0 Å². The topological polar surface area (TPSA) is 195 Å². The van der Waals surface area contributed by atoms with Crippen LogP contribution < -0.4 is 21.7 Å². The minimum atomic E-state index is -1.24. The van der Waals surface area contributed by atoms with E-state index in [9.17, 15) is 24.3 Å². The molecular formula is C25H33N7O5S. The predicted molar refractivity (Wildman–Crippen MR) is 144 cm³/mol. The molecule has 2 heterocycles. The Morgan fingerprint density at radius 3 is 2.34 bits per heavy atom. The van der Waals surface area contributed by atoms with Crippen molar-refractivity contribution in [2.45, 2.75) is 50.4 Å². The number of rotatable bonds is 14. The Kier molecular flexibility index (Phi) is 10.3. The molecule has 0 aliphatic heterocycles. The molecule has 3 aromatic rings. The molecule has 3 amide bonds. The van der Waals surface area contributed by atoms with Crippen LogP contribution in [0.3, 0.4) is 0 Å². The van der Waals surface area contributed by atoms with Gasteiger partial charge >= 0.3 is 5.97 Å². The molecule has 0 aliphatic carbocycles. The summed E-state index contributed by atoms with van der Waals surface area (Å²) < 4.78 is 0. The molecule has 8 N–H and O–H groups in total. The molecule has 204 valence electrons. The lowest BCUT2D eigenvalue weighted by Crippen LogP contribution is -2.57. The number of amides is 3. The largest absolute Gasteiger partial charge is 0.480 e. The molecule has 0 radical (unpaired) electrons. The van der Waals surface area contributed by atoms with Crippen LogP contribution >= 0.6 is 11.8 Å². The van der Waals surface area contributed by atoms with Crippen LogP contribution in [0.1, 0.15) is 24.6 Å². The molecular weight excluding hydrogens is 510 g/mol. The van der Waals surface area contributed by atoms with Crippen molar-refractivity contribution in [3.05, 3.63) is 54.2 Å².